The molecule has 0 unspecified atom stereocenters. The molecule has 0 atom stereocenters. The summed E-state index contributed by atoms with van der Waals surface area (Å²) in [5.41, 5.74) is 15.5. The third kappa shape index (κ3) is 4.11. The first kappa shape index (κ1) is 30.4. The van der Waals surface area contributed by atoms with E-state index >= 15 is 0 Å². The third-order valence-electron chi connectivity index (χ3n) is 12.1. The second-order valence-corrected chi connectivity index (χ2v) is 15.4. The van der Waals surface area contributed by atoms with Gasteiger partial charge in [0.25, 0.3) is 0 Å². The maximum Gasteiger partial charge on any atom is 0.152 e. The van der Waals surface area contributed by atoms with Crippen LogP contribution >= 0.6 is 0 Å². The average Bonchev–Trinajstić information content (AvgIpc) is 3.75. The molecule has 2 aliphatic heterocycles. The van der Waals surface area contributed by atoms with Crippen molar-refractivity contribution in [2.75, 3.05) is 4.90 Å². The van der Waals surface area contributed by atoms with Crippen molar-refractivity contribution in [2.24, 2.45) is 0 Å². The van der Waals surface area contributed by atoms with E-state index in [1.807, 2.05) is 6.07 Å². The van der Waals surface area contributed by atoms with E-state index in [-0.39, 0.29) is 5.41 Å². The number of ether oxygens (including phenoxy) is 1. The zero-order valence-corrected chi connectivity index (χ0v) is 30.5. The molecule has 0 N–H and O–H groups in total. The second kappa shape index (κ2) is 11.0. The number of para-hydroxylation sites is 7. The van der Waals surface area contributed by atoms with Gasteiger partial charge in [0.05, 0.1) is 39.1 Å². The van der Waals surface area contributed by atoms with Crippen LogP contribution in [0, 0.1) is 0 Å². The number of hydrogen-bond acceptors (Lipinski definition) is 2. The average molecular weight is 706 g/mol. The zero-order valence-electron chi connectivity index (χ0n) is 30.5. The number of aromatic nitrogens is 2. The van der Waals surface area contributed by atoms with Crippen LogP contribution in [-0.2, 0) is 5.41 Å². The van der Waals surface area contributed by atoms with Crippen molar-refractivity contribution in [1.82, 2.24) is 9.13 Å². The molecule has 4 nitrogen and oxygen atoms in total. The van der Waals surface area contributed by atoms with Gasteiger partial charge >= 0.3 is 0 Å². The maximum absolute atomic E-state index is 6.41. The van der Waals surface area contributed by atoms with Crippen molar-refractivity contribution in [3.63, 3.8) is 0 Å². The predicted molar refractivity (Wildman–Crippen MR) is 227 cm³/mol. The first-order valence-electron chi connectivity index (χ1n) is 19.0. The smallest absolute Gasteiger partial charge is 0.152 e. The zero-order chi connectivity index (χ0) is 36.4. The van der Waals surface area contributed by atoms with Crippen LogP contribution in [0.3, 0.4) is 0 Å². The van der Waals surface area contributed by atoms with E-state index in [1.165, 1.54) is 71.7 Å². The monoisotopic (exact) mass is 705 g/mol. The van der Waals surface area contributed by atoms with Gasteiger partial charge in [-0.1, -0.05) is 123 Å². The van der Waals surface area contributed by atoms with Gasteiger partial charge < -0.3 is 18.8 Å². The lowest BCUT2D eigenvalue weighted by Gasteiger charge is -2.42. The van der Waals surface area contributed by atoms with Crippen LogP contribution in [0.4, 0.5) is 17.1 Å². The molecule has 55 heavy (non-hydrogen) atoms. The Kier molecular flexibility index (Phi) is 6.09. The predicted octanol–water partition coefficient (Wildman–Crippen LogP) is 13.8. The summed E-state index contributed by atoms with van der Waals surface area (Å²) >= 11 is 0. The van der Waals surface area contributed by atoms with Gasteiger partial charge in [-0.15, -0.1) is 0 Å². The van der Waals surface area contributed by atoms with E-state index in [4.69, 9.17) is 4.74 Å². The highest BCUT2D eigenvalue weighted by Crippen LogP contribution is 2.52. The fraction of sp³-hybridized carbons (Fsp3) is 0.0588. The number of rotatable bonds is 3. The van der Waals surface area contributed by atoms with Gasteiger partial charge in [0, 0.05) is 43.9 Å². The first-order valence-corrected chi connectivity index (χ1v) is 19.0. The van der Waals surface area contributed by atoms with Crippen molar-refractivity contribution in [3.8, 4) is 34.0 Å². The number of benzene rings is 8. The summed E-state index contributed by atoms with van der Waals surface area (Å²) < 4.78 is 11.2. The van der Waals surface area contributed by atoms with Gasteiger partial charge in [-0.25, -0.2) is 0 Å². The van der Waals surface area contributed by atoms with E-state index in [9.17, 15) is 0 Å². The van der Waals surface area contributed by atoms with E-state index < -0.39 is 0 Å². The van der Waals surface area contributed by atoms with E-state index in [2.05, 4.69) is 198 Å². The molecule has 260 valence electrons. The first-order chi connectivity index (χ1) is 27.1. The summed E-state index contributed by atoms with van der Waals surface area (Å²) in [7, 11) is 0. The minimum Gasteiger partial charge on any atom is -0.453 e. The standard InChI is InChI=1S/C51H35N3O/c1-51(2)40-17-4-7-20-44(40)53(45-21-8-5-18-41(45)51)34-29-30-43-39(31-34)36-13-3-6-19-42(36)52(43)33-27-25-32(26-28-33)35-14-11-15-37-38-16-12-24-48-50(38)54(49(35)37)46-22-9-10-23-47(46)55-48/h3-31H,1-2H3. The Labute approximate surface area is 318 Å². The fourth-order valence-corrected chi connectivity index (χ4v) is 9.60. The van der Waals surface area contributed by atoms with Gasteiger partial charge in [0.1, 0.15) is 0 Å². The lowest BCUT2D eigenvalue weighted by molar-refractivity contribution is 0.476. The largest absolute Gasteiger partial charge is 0.453 e. The molecule has 2 aliphatic rings. The summed E-state index contributed by atoms with van der Waals surface area (Å²) in [6.07, 6.45) is 0. The molecule has 8 aromatic carbocycles. The molecule has 4 heteroatoms. The highest BCUT2D eigenvalue weighted by Gasteiger charge is 2.36. The van der Waals surface area contributed by atoms with Crippen LogP contribution in [0.25, 0.3) is 66.1 Å². The quantitative estimate of drug-likeness (QED) is 0.183. The molecular formula is C51H35N3O. The summed E-state index contributed by atoms with van der Waals surface area (Å²) in [4.78, 5) is 2.45. The Morgan fingerprint density at radius 1 is 0.418 bits per heavy atom. The topological polar surface area (TPSA) is 22.3 Å². The summed E-state index contributed by atoms with van der Waals surface area (Å²) in [6, 6.07) is 64.0. The normalized spacial score (nSPS) is 13.9. The number of fused-ring (bicyclic) bond motifs is 10. The van der Waals surface area contributed by atoms with Crippen LogP contribution in [-0.4, -0.2) is 9.13 Å². The molecule has 0 amide bonds. The molecule has 2 aromatic heterocycles. The molecule has 0 spiro atoms. The molecule has 10 aromatic rings. The molecule has 12 rings (SSSR count). The molecule has 0 saturated heterocycles. The Balaban J connectivity index is 1.02. The van der Waals surface area contributed by atoms with E-state index in [0.29, 0.717) is 0 Å². The lowest BCUT2D eigenvalue weighted by atomic mass is 9.73. The van der Waals surface area contributed by atoms with Crippen molar-refractivity contribution in [3.05, 3.63) is 187 Å². The third-order valence-corrected chi connectivity index (χ3v) is 12.1. The number of nitrogens with zero attached hydrogens (tertiary/aromatic N) is 3. The van der Waals surface area contributed by atoms with Crippen molar-refractivity contribution in [2.45, 2.75) is 19.3 Å². The van der Waals surface area contributed by atoms with Crippen molar-refractivity contribution in [1.29, 1.82) is 0 Å². The minimum absolute atomic E-state index is 0.102. The van der Waals surface area contributed by atoms with Gasteiger partial charge in [0.15, 0.2) is 11.5 Å². The Hall–Kier alpha value is -7.04. The van der Waals surface area contributed by atoms with Crippen molar-refractivity contribution < 1.29 is 4.74 Å². The SMILES string of the molecule is CC1(C)c2ccccc2N(c2ccc3c(c2)c2ccccc2n3-c2ccc(-c3cccc4c5cccc6c5n(c34)-c3ccccc3O6)cc2)c2ccccc21. The number of hydrogen-bond donors (Lipinski definition) is 0. The summed E-state index contributed by atoms with van der Waals surface area (Å²) in [5, 5.41) is 4.89. The van der Waals surface area contributed by atoms with E-state index in [1.54, 1.807) is 0 Å². The van der Waals surface area contributed by atoms with Crippen LogP contribution < -0.4 is 9.64 Å². The van der Waals surface area contributed by atoms with Gasteiger partial charge in [0.2, 0.25) is 0 Å². The molecule has 0 fully saturated rings. The van der Waals surface area contributed by atoms with Crippen LogP contribution in [0.1, 0.15) is 25.0 Å². The lowest BCUT2D eigenvalue weighted by Crippen LogP contribution is -2.30. The fourth-order valence-electron chi connectivity index (χ4n) is 9.60. The molecule has 0 saturated carbocycles. The van der Waals surface area contributed by atoms with Gasteiger partial charge in [-0.05, 0) is 83.4 Å². The second-order valence-electron chi connectivity index (χ2n) is 15.4. The Morgan fingerprint density at radius 3 is 1.78 bits per heavy atom. The highest BCUT2D eigenvalue weighted by molar-refractivity contribution is 6.16. The van der Waals surface area contributed by atoms with E-state index in [0.717, 1.165) is 34.1 Å². The maximum atomic E-state index is 6.41. The summed E-state index contributed by atoms with van der Waals surface area (Å²) in [6.45, 7) is 4.68. The molecule has 4 heterocycles. The van der Waals surface area contributed by atoms with Crippen LogP contribution in [0.15, 0.2) is 176 Å². The van der Waals surface area contributed by atoms with Crippen LogP contribution in [0.2, 0.25) is 0 Å². The van der Waals surface area contributed by atoms with Crippen molar-refractivity contribution >= 4 is 60.7 Å². The van der Waals surface area contributed by atoms with Crippen LogP contribution in [0.5, 0.6) is 11.5 Å². The minimum atomic E-state index is -0.102. The molecule has 0 aliphatic carbocycles. The summed E-state index contributed by atoms with van der Waals surface area (Å²) in [5.74, 6) is 1.76. The highest BCUT2D eigenvalue weighted by atomic mass is 16.5. The molecule has 0 bridgehead atoms. The molecule has 0 radical (unpaired) electrons. The number of anilines is 3. The Morgan fingerprint density at radius 2 is 1.00 bits per heavy atom. The molecular weight excluding hydrogens is 671 g/mol. The Bertz CT molecular complexity index is 3170. The van der Waals surface area contributed by atoms with Gasteiger partial charge in [-0.3, -0.25) is 0 Å². The van der Waals surface area contributed by atoms with Gasteiger partial charge in [-0.2, -0.15) is 0 Å².